The van der Waals surface area contributed by atoms with Crippen LogP contribution in [0.4, 0.5) is 17.1 Å². The quantitative estimate of drug-likeness (QED) is 0.208. The van der Waals surface area contributed by atoms with Crippen molar-refractivity contribution in [3.63, 3.8) is 0 Å². The SMILES string of the molecule is c1ccc(N(c2ccccc2)c2ccc3c(c2)C2(c4ccccc4-c4ccccc4-3)c3ccccc3-c3ccccc32)cc1. The first-order valence-electron chi connectivity index (χ1n) is 15.3. The van der Waals surface area contributed by atoms with Gasteiger partial charge in [0.2, 0.25) is 0 Å². The molecule has 0 amide bonds. The Hall–Kier alpha value is -5.66. The number of hydrogen-bond donors (Lipinski definition) is 0. The molecule has 0 atom stereocenters. The van der Waals surface area contributed by atoms with Crippen LogP contribution in [-0.4, -0.2) is 0 Å². The van der Waals surface area contributed by atoms with Gasteiger partial charge in [0.15, 0.2) is 0 Å². The Morgan fingerprint density at radius 3 is 1.11 bits per heavy atom. The van der Waals surface area contributed by atoms with Crippen molar-refractivity contribution in [3.05, 3.63) is 198 Å². The highest BCUT2D eigenvalue weighted by Gasteiger charge is 2.49. The van der Waals surface area contributed by atoms with Crippen LogP contribution >= 0.6 is 0 Å². The summed E-state index contributed by atoms with van der Waals surface area (Å²) in [7, 11) is 0. The zero-order valence-corrected chi connectivity index (χ0v) is 24.2. The summed E-state index contributed by atoms with van der Waals surface area (Å²) < 4.78 is 0. The number of nitrogens with zero attached hydrogens (tertiary/aromatic N) is 1. The van der Waals surface area contributed by atoms with E-state index >= 15 is 0 Å². The van der Waals surface area contributed by atoms with E-state index in [1.807, 2.05) is 0 Å². The van der Waals surface area contributed by atoms with E-state index in [1.54, 1.807) is 0 Å². The average Bonchev–Trinajstić information content (AvgIpc) is 3.35. The van der Waals surface area contributed by atoms with Crippen LogP contribution in [0.15, 0.2) is 176 Å². The molecule has 0 saturated heterocycles. The van der Waals surface area contributed by atoms with E-state index in [0.717, 1.165) is 17.1 Å². The lowest BCUT2D eigenvalue weighted by atomic mass is 9.66. The highest BCUT2D eigenvalue weighted by molar-refractivity contribution is 5.98. The van der Waals surface area contributed by atoms with Crippen molar-refractivity contribution in [3.8, 4) is 33.4 Å². The van der Waals surface area contributed by atoms with Gasteiger partial charge in [0.25, 0.3) is 0 Å². The van der Waals surface area contributed by atoms with Crippen molar-refractivity contribution in [2.75, 3.05) is 4.90 Å². The molecular weight excluding hydrogens is 530 g/mol. The van der Waals surface area contributed by atoms with Gasteiger partial charge in [0, 0.05) is 17.1 Å². The molecule has 1 heteroatoms. The van der Waals surface area contributed by atoms with E-state index in [1.165, 1.54) is 55.6 Å². The summed E-state index contributed by atoms with van der Waals surface area (Å²) in [5, 5.41) is 0. The van der Waals surface area contributed by atoms with E-state index in [2.05, 4.69) is 181 Å². The molecule has 0 N–H and O–H groups in total. The lowest BCUT2D eigenvalue weighted by Crippen LogP contribution is -2.29. The molecule has 0 saturated carbocycles. The first kappa shape index (κ1) is 24.9. The van der Waals surface area contributed by atoms with Crippen LogP contribution in [0.1, 0.15) is 22.3 Å². The monoisotopic (exact) mass is 559 g/mol. The minimum Gasteiger partial charge on any atom is -0.310 e. The molecular formula is C43H29N. The second-order valence-electron chi connectivity index (χ2n) is 11.7. The lowest BCUT2D eigenvalue weighted by Gasteiger charge is -2.36. The van der Waals surface area contributed by atoms with Gasteiger partial charge in [0.05, 0.1) is 5.41 Å². The molecule has 2 aliphatic rings. The summed E-state index contributed by atoms with van der Waals surface area (Å²) in [6.07, 6.45) is 0. The predicted molar refractivity (Wildman–Crippen MR) is 183 cm³/mol. The lowest BCUT2D eigenvalue weighted by molar-refractivity contribution is 0.775. The van der Waals surface area contributed by atoms with Crippen molar-refractivity contribution < 1.29 is 0 Å². The maximum absolute atomic E-state index is 2.47. The molecule has 0 heterocycles. The van der Waals surface area contributed by atoms with Gasteiger partial charge in [-0.15, -0.1) is 0 Å². The smallest absolute Gasteiger partial charge is 0.0726 e. The van der Waals surface area contributed by atoms with Gasteiger partial charge in [-0.1, -0.05) is 140 Å². The van der Waals surface area contributed by atoms with Gasteiger partial charge in [-0.05, 0) is 92.0 Å². The van der Waals surface area contributed by atoms with Gasteiger partial charge >= 0.3 is 0 Å². The first-order chi connectivity index (χ1) is 21.9. The van der Waals surface area contributed by atoms with Crippen LogP contribution in [0.5, 0.6) is 0 Å². The zero-order valence-electron chi connectivity index (χ0n) is 24.2. The Bertz CT molecular complexity index is 2090. The van der Waals surface area contributed by atoms with E-state index in [0.29, 0.717) is 0 Å². The Kier molecular flexibility index (Phi) is 5.48. The number of benzene rings is 7. The van der Waals surface area contributed by atoms with Crippen LogP contribution in [0.3, 0.4) is 0 Å². The summed E-state index contributed by atoms with van der Waals surface area (Å²) >= 11 is 0. The Balaban J connectivity index is 1.45. The minimum absolute atomic E-state index is 0.493. The fraction of sp³-hybridized carbons (Fsp3) is 0.0233. The summed E-state index contributed by atoms with van der Waals surface area (Å²) in [6, 6.07) is 64.6. The van der Waals surface area contributed by atoms with E-state index < -0.39 is 5.41 Å². The molecule has 206 valence electrons. The van der Waals surface area contributed by atoms with Crippen molar-refractivity contribution in [1.29, 1.82) is 0 Å². The number of anilines is 3. The Labute approximate surface area is 258 Å². The van der Waals surface area contributed by atoms with E-state index in [-0.39, 0.29) is 0 Å². The summed E-state index contributed by atoms with van der Waals surface area (Å²) in [5.41, 5.74) is 15.9. The summed E-state index contributed by atoms with van der Waals surface area (Å²) in [5.74, 6) is 0. The zero-order chi connectivity index (χ0) is 29.1. The van der Waals surface area contributed by atoms with E-state index in [9.17, 15) is 0 Å². The Morgan fingerprint density at radius 1 is 0.273 bits per heavy atom. The third kappa shape index (κ3) is 3.41. The van der Waals surface area contributed by atoms with Crippen LogP contribution in [0.25, 0.3) is 33.4 Å². The maximum Gasteiger partial charge on any atom is 0.0726 e. The molecule has 44 heavy (non-hydrogen) atoms. The van der Waals surface area contributed by atoms with Crippen molar-refractivity contribution in [2.45, 2.75) is 5.41 Å². The molecule has 7 aromatic carbocycles. The molecule has 9 rings (SSSR count). The average molecular weight is 560 g/mol. The molecule has 0 aromatic heterocycles. The normalized spacial score (nSPS) is 13.2. The van der Waals surface area contributed by atoms with E-state index in [4.69, 9.17) is 0 Å². The minimum atomic E-state index is -0.493. The summed E-state index contributed by atoms with van der Waals surface area (Å²) in [6.45, 7) is 0. The topological polar surface area (TPSA) is 3.24 Å². The molecule has 1 spiro atoms. The van der Waals surface area contributed by atoms with Crippen molar-refractivity contribution >= 4 is 17.1 Å². The van der Waals surface area contributed by atoms with Gasteiger partial charge in [-0.25, -0.2) is 0 Å². The fourth-order valence-electron chi connectivity index (χ4n) is 7.78. The second kappa shape index (κ2) is 9.69. The molecule has 0 fully saturated rings. The number of fused-ring (bicyclic) bond motifs is 12. The van der Waals surface area contributed by atoms with Gasteiger partial charge < -0.3 is 4.90 Å². The highest BCUT2D eigenvalue weighted by atomic mass is 15.1. The predicted octanol–water partition coefficient (Wildman–Crippen LogP) is 11.2. The third-order valence-corrected chi connectivity index (χ3v) is 9.48. The van der Waals surface area contributed by atoms with Crippen molar-refractivity contribution in [2.24, 2.45) is 0 Å². The standard InChI is InChI=1S/C43H29N/c1-3-15-30(16-4-1)44(31-17-5-2-6-18-31)32-27-28-38-34-20-8-7-19-33(34)35-21-9-12-24-39(35)43(42(38)29-32)40-25-13-10-22-36(40)37-23-11-14-26-41(37)43/h1-29H. The number of para-hydroxylation sites is 2. The fourth-order valence-corrected chi connectivity index (χ4v) is 7.78. The van der Waals surface area contributed by atoms with Gasteiger partial charge in [0.1, 0.15) is 0 Å². The molecule has 0 radical (unpaired) electrons. The molecule has 1 nitrogen and oxygen atoms in total. The van der Waals surface area contributed by atoms with Crippen LogP contribution in [-0.2, 0) is 5.41 Å². The number of rotatable bonds is 3. The second-order valence-corrected chi connectivity index (χ2v) is 11.7. The molecule has 2 aliphatic carbocycles. The number of hydrogen-bond acceptors (Lipinski definition) is 1. The van der Waals surface area contributed by atoms with Crippen LogP contribution in [0.2, 0.25) is 0 Å². The molecule has 0 unspecified atom stereocenters. The van der Waals surface area contributed by atoms with Crippen molar-refractivity contribution in [1.82, 2.24) is 0 Å². The highest BCUT2D eigenvalue weighted by Crippen LogP contribution is 2.61. The third-order valence-electron chi connectivity index (χ3n) is 9.48. The first-order valence-corrected chi connectivity index (χ1v) is 15.3. The van der Waals surface area contributed by atoms with Gasteiger partial charge in [-0.2, -0.15) is 0 Å². The maximum atomic E-state index is 2.47. The largest absolute Gasteiger partial charge is 0.310 e. The summed E-state index contributed by atoms with van der Waals surface area (Å²) in [4.78, 5) is 2.38. The molecule has 0 aliphatic heterocycles. The molecule has 0 bridgehead atoms. The molecule has 7 aromatic rings. The van der Waals surface area contributed by atoms with Gasteiger partial charge in [-0.3, -0.25) is 0 Å². The Morgan fingerprint density at radius 2 is 0.636 bits per heavy atom. The van der Waals surface area contributed by atoms with Crippen LogP contribution in [0, 0.1) is 0 Å². The van der Waals surface area contributed by atoms with Crippen LogP contribution < -0.4 is 4.90 Å².